The van der Waals surface area contributed by atoms with Crippen LogP contribution in [-0.4, -0.2) is 11.1 Å². The number of nitriles is 2. The van der Waals surface area contributed by atoms with E-state index in [1.807, 2.05) is 26.0 Å². The van der Waals surface area contributed by atoms with Gasteiger partial charge in [-0.15, -0.1) is 0 Å². The molecule has 0 radical (unpaired) electrons. The third kappa shape index (κ3) is 2.18. The molecule has 0 bridgehead atoms. The summed E-state index contributed by atoms with van der Waals surface area (Å²) in [6, 6.07) is 6.78. The van der Waals surface area contributed by atoms with Gasteiger partial charge in [-0.2, -0.15) is 10.5 Å². The summed E-state index contributed by atoms with van der Waals surface area (Å²) < 4.78 is 0. The van der Waals surface area contributed by atoms with E-state index in [2.05, 4.69) is 5.32 Å². The lowest BCUT2D eigenvalue weighted by Gasteiger charge is -2.13. The van der Waals surface area contributed by atoms with E-state index in [9.17, 15) is 5.11 Å². The SMILES string of the molecule is CC(C)Nc1c(C#N)ccc(O)c1C#N. The maximum atomic E-state index is 9.45. The number of phenols is 1. The van der Waals surface area contributed by atoms with Crippen molar-refractivity contribution >= 4 is 5.69 Å². The van der Waals surface area contributed by atoms with Crippen molar-refractivity contribution in [2.75, 3.05) is 5.32 Å². The summed E-state index contributed by atoms with van der Waals surface area (Å²) in [6.45, 7) is 3.79. The minimum absolute atomic E-state index is 0.0889. The number of aromatic hydroxyl groups is 1. The first kappa shape index (κ1) is 10.9. The summed E-state index contributed by atoms with van der Waals surface area (Å²) in [5.41, 5.74) is 0.871. The van der Waals surface area contributed by atoms with Crippen molar-refractivity contribution in [1.82, 2.24) is 0 Å². The normalized spacial score (nSPS) is 9.40. The van der Waals surface area contributed by atoms with Crippen molar-refractivity contribution in [3.8, 4) is 17.9 Å². The zero-order valence-corrected chi connectivity index (χ0v) is 8.57. The molecule has 0 fully saturated rings. The van der Waals surface area contributed by atoms with Gasteiger partial charge in [0, 0.05) is 6.04 Å². The molecule has 1 aromatic carbocycles. The molecule has 0 unspecified atom stereocenters. The molecule has 0 aliphatic carbocycles. The number of nitrogens with one attached hydrogen (secondary N) is 1. The molecule has 0 spiro atoms. The molecule has 4 nitrogen and oxygen atoms in total. The predicted octanol–water partition coefficient (Wildman–Crippen LogP) is 1.96. The zero-order valence-electron chi connectivity index (χ0n) is 8.57. The lowest BCUT2D eigenvalue weighted by Crippen LogP contribution is -2.12. The van der Waals surface area contributed by atoms with Crippen molar-refractivity contribution in [2.24, 2.45) is 0 Å². The van der Waals surface area contributed by atoms with Crippen LogP contribution in [0.25, 0.3) is 0 Å². The smallest absolute Gasteiger partial charge is 0.135 e. The summed E-state index contributed by atoms with van der Waals surface area (Å²) >= 11 is 0. The van der Waals surface area contributed by atoms with Crippen LogP contribution in [0.5, 0.6) is 5.75 Å². The summed E-state index contributed by atoms with van der Waals surface area (Å²) in [4.78, 5) is 0. The molecule has 15 heavy (non-hydrogen) atoms. The molecule has 1 aromatic rings. The highest BCUT2D eigenvalue weighted by Crippen LogP contribution is 2.28. The van der Waals surface area contributed by atoms with Crippen molar-refractivity contribution in [3.63, 3.8) is 0 Å². The second-order valence-electron chi connectivity index (χ2n) is 3.40. The minimum Gasteiger partial charge on any atom is -0.506 e. The largest absolute Gasteiger partial charge is 0.506 e. The molecule has 0 atom stereocenters. The molecule has 2 N–H and O–H groups in total. The maximum Gasteiger partial charge on any atom is 0.135 e. The third-order valence-electron chi connectivity index (χ3n) is 1.85. The molecule has 0 aliphatic heterocycles. The number of hydrogen-bond donors (Lipinski definition) is 2. The van der Waals surface area contributed by atoms with Crippen molar-refractivity contribution in [2.45, 2.75) is 19.9 Å². The lowest BCUT2D eigenvalue weighted by atomic mass is 10.1. The predicted molar refractivity (Wildman–Crippen MR) is 56.3 cm³/mol. The number of phenolic OH excluding ortho intramolecular Hbond substituents is 1. The van der Waals surface area contributed by atoms with Crippen LogP contribution in [0.15, 0.2) is 12.1 Å². The molecule has 0 aromatic heterocycles. The van der Waals surface area contributed by atoms with Crippen LogP contribution < -0.4 is 5.32 Å². The van der Waals surface area contributed by atoms with Gasteiger partial charge in [0.1, 0.15) is 23.5 Å². The van der Waals surface area contributed by atoms with E-state index in [1.54, 1.807) is 0 Å². The quantitative estimate of drug-likeness (QED) is 0.766. The van der Waals surface area contributed by atoms with Crippen molar-refractivity contribution in [3.05, 3.63) is 23.3 Å². The van der Waals surface area contributed by atoms with Crippen LogP contribution in [0.3, 0.4) is 0 Å². The Kier molecular flexibility index (Phi) is 3.15. The van der Waals surface area contributed by atoms with E-state index < -0.39 is 0 Å². The Morgan fingerprint density at radius 1 is 1.27 bits per heavy atom. The highest BCUT2D eigenvalue weighted by atomic mass is 16.3. The second-order valence-corrected chi connectivity index (χ2v) is 3.40. The Morgan fingerprint density at radius 2 is 1.93 bits per heavy atom. The van der Waals surface area contributed by atoms with Gasteiger partial charge in [0.15, 0.2) is 0 Å². The standard InChI is InChI=1S/C11H11N3O/c1-7(2)14-11-8(5-12)3-4-10(15)9(11)6-13/h3-4,7,14-15H,1-2H3. The van der Waals surface area contributed by atoms with E-state index in [0.717, 1.165) is 0 Å². The first-order valence-corrected chi connectivity index (χ1v) is 4.52. The molecule has 4 heteroatoms. The van der Waals surface area contributed by atoms with Gasteiger partial charge in [-0.25, -0.2) is 0 Å². The van der Waals surface area contributed by atoms with E-state index in [1.165, 1.54) is 12.1 Å². The molecule has 0 aliphatic rings. The van der Waals surface area contributed by atoms with Crippen molar-refractivity contribution < 1.29 is 5.11 Å². The molecule has 1 rings (SSSR count). The van der Waals surface area contributed by atoms with Gasteiger partial charge in [-0.3, -0.25) is 0 Å². The van der Waals surface area contributed by atoms with E-state index in [4.69, 9.17) is 10.5 Å². The molecule has 0 saturated carbocycles. The minimum atomic E-state index is -0.111. The van der Waals surface area contributed by atoms with Crippen LogP contribution in [0.2, 0.25) is 0 Å². The van der Waals surface area contributed by atoms with E-state index >= 15 is 0 Å². The number of anilines is 1. The fraction of sp³-hybridized carbons (Fsp3) is 0.273. The van der Waals surface area contributed by atoms with Gasteiger partial charge >= 0.3 is 0 Å². The monoisotopic (exact) mass is 201 g/mol. The average Bonchev–Trinajstić information content (AvgIpc) is 2.18. The van der Waals surface area contributed by atoms with Crippen LogP contribution >= 0.6 is 0 Å². The lowest BCUT2D eigenvalue weighted by molar-refractivity contribution is 0.473. The Morgan fingerprint density at radius 3 is 2.40 bits per heavy atom. The summed E-state index contributed by atoms with van der Waals surface area (Å²) in [6.07, 6.45) is 0. The Balaban J connectivity index is 3.37. The van der Waals surface area contributed by atoms with Gasteiger partial charge in [0.2, 0.25) is 0 Å². The number of nitrogens with zero attached hydrogens (tertiary/aromatic N) is 2. The molecule has 0 saturated heterocycles. The van der Waals surface area contributed by atoms with Gasteiger partial charge in [0.25, 0.3) is 0 Å². The van der Waals surface area contributed by atoms with Crippen LogP contribution in [0.1, 0.15) is 25.0 Å². The van der Waals surface area contributed by atoms with E-state index in [0.29, 0.717) is 11.3 Å². The Bertz CT molecular complexity index is 452. The van der Waals surface area contributed by atoms with Gasteiger partial charge in [0.05, 0.1) is 11.3 Å². The summed E-state index contributed by atoms with van der Waals surface area (Å²) in [7, 11) is 0. The summed E-state index contributed by atoms with van der Waals surface area (Å²) in [5.74, 6) is -0.111. The molecular formula is C11H11N3O. The first-order chi connectivity index (χ1) is 7.10. The third-order valence-corrected chi connectivity index (χ3v) is 1.85. The van der Waals surface area contributed by atoms with Crippen molar-refractivity contribution in [1.29, 1.82) is 10.5 Å². The molecule has 0 heterocycles. The number of hydrogen-bond acceptors (Lipinski definition) is 4. The highest BCUT2D eigenvalue weighted by Gasteiger charge is 2.13. The van der Waals surface area contributed by atoms with Crippen LogP contribution in [0.4, 0.5) is 5.69 Å². The Labute approximate surface area is 88.4 Å². The fourth-order valence-corrected chi connectivity index (χ4v) is 1.24. The van der Waals surface area contributed by atoms with Gasteiger partial charge in [-0.1, -0.05) is 0 Å². The van der Waals surface area contributed by atoms with Crippen LogP contribution in [0, 0.1) is 22.7 Å². The second kappa shape index (κ2) is 4.34. The fourth-order valence-electron chi connectivity index (χ4n) is 1.24. The average molecular weight is 201 g/mol. The van der Waals surface area contributed by atoms with Gasteiger partial charge < -0.3 is 10.4 Å². The van der Waals surface area contributed by atoms with Crippen LogP contribution in [-0.2, 0) is 0 Å². The van der Waals surface area contributed by atoms with E-state index in [-0.39, 0.29) is 17.4 Å². The number of rotatable bonds is 2. The number of benzene rings is 1. The highest BCUT2D eigenvalue weighted by molar-refractivity contribution is 5.71. The Hall–Kier alpha value is -2.20. The maximum absolute atomic E-state index is 9.45. The molecule has 76 valence electrons. The first-order valence-electron chi connectivity index (χ1n) is 4.52. The zero-order chi connectivity index (χ0) is 11.4. The molecular weight excluding hydrogens is 190 g/mol. The topological polar surface area (TPSA) is 79.8 Å². The molecule has 0 amide bonds. The summed E-state index contributed by atoms with van der Waals surface area (Å²) in [5, 5.41) is 30.2. The van der Waals surface area contributed by atoms with Gasteiger partial charge in [-0.05, 0) is 26.0 Å².